The van der Waals surface area contributed by atoms with Gasteiger partial charge >= 0.3 is 0 Å². The van der Waals surface area contributed by atoms with E-state index in [1.54, 1.807) is 0 Å². The van der Waals surface area contributed by atoms with Crippen LogP contribution in [-0.2, 0) is 12.8 Å². The Balaban J connectivity index is 1.69. The maximum absolute atomic E-state index is 5.62. The maximum atomic E-state index is 5.62. The van der Waals surface area contributed by atoms with E-state index in [1.165, 1.54) is 43.5 Å². The molecule has 0 atom stereocenters. The SMILES string of the molecule is c1cc2c(cc1CC1CCNCC1)OCC2. The van der Waals surface area contributed by atoms with E-state index >= 15 is 0 Å². The lowest BCUT2D eigenvalue weighted by Gasteiger charge is -2.22. The molecular weight excluding hydrogens is 198 g/mol. The molecule has 1 aromatic rings. The third-order valence-corrected chi connectivity index (χ3v) is 3.74. The molecular formula is C14H19NO. The summed E-state index contributed by atoms with van der Waals surface area (Å²) in [4.78, 5) is 0. The van der Waals surface area contributed by atoms with Gasteiger partial charge in [0.05, 0.1) is 6.61 Å². The van der Waals surface area contributed by atoms with Crippen molar-refractivity contribution < 1.29 is 4.74 Å². The van der Waals surface area contributed by atoms with Crippen LogP contribution in [0.5, 0.6) is 5.75 Å². The van der Waals surface area contributed by atoms with Crippen LogP contribution in [0.1, 0.15) is 24.0 Å². The van der Waals surface area contributed by atoms with Gasteiger partial charge in [0.15, 0.2) is 0 Å². The van der Waals surface area contributed by atoms with Gasteiger partial charge in [-0.25, -0.2) is 0 Å². The highest BCUT2D eigenvalue weighted by atomic mass is 16.5. The van der Waals surface area contributed by atoms with Gasteiger partial charge in [-0.15, -0.1) is 0 Å². The number of ether oxygens (including phenoxy) is 1. The van der Waals surface area contributed by atoms with Crippen LogP contribution in [0.2, 0.25) is 0 Å². The lowest BCUT2D eigenvalue weighted by atomic mass is 9.90. The lowest BCUT2D eigenvalue weighted by Crippen LogP contribution is -2.28. The average Bonchev–Trinajstić information content (AvgIpc) is 2.77. The highest BCUT2D eigenvalue weighted by Gasteiger charge is 2.16. The Kier molecular flexibility index (Phi) is 2.83. The van der Waals surface area contributed by atoms with Crippen molar-refractivity contribution in [3.63, 3.8) is 0 Å². The quantitative estimate of drug-likeness (QED) is 0.819. The number of nitrogens with one attached hydrogen (secondary N) is 1. The van der Waals surface area contributed by atoms with Crippen molar-refractivity contribution in [3.05, 3.63) is 29.3 Å². The molecule has 16 heavy (non-hydrogen) atoms. The minimum Gasteiger partial charge on any atom is -0.493 e. The van der Waals surface area contributed by atoms with E-state index in [0.29, 0.717) is 0 Å². The van der Waals surface area contributed by atoms with Crippen LogP contribution >= 0.6 is 0 Å². The number of benzene rings is 1. The molecule has 2 aliphatic rings. The van der Waals surface area contributed by atoms with Gasteiger partial charge in [0.1, 0.15) is 5.75 Å². The fourth-order valence-corrected chi connectivity index (χ4v) is 2.76. The van der Waals surface area contributed by atoms with E-state index < -0.39 is 0 Å². The Bertz CT molecular complexity index is 369. The van der Waals surface area contributed by atoms with Gasteiger partial charge in [0.2, 0.25) is 0 Å². The van der Waals surface area contributed by atoms with Gasteiger partial charge in [-0.3, -0.25) is 0 Å². The van der Waals surface area contributed by atoms with Gasteiger partial charge < -0.3 is 10.1 Å². The zero-order valence-corrected chi connectivity index (χ0v) is 9.67. The summed E-state index contributed by atoms with van der Waals surface area (Å²) in [5, 5.41) is 3.42. The lowest BCUT2D eigenvalue weighted by molar-refractivity contribution is 0.354. The number of hydrogen-bond acceptors (Lipinski definition) is 2. The summed E-state index contributed by atoms with van der Waals surface area (Å²) in [5.74, 6) is 1.99. The van der Waals surface area contributed by atoms with Gasteiger partial charge in [-0.05, 0) is 55.5 Å². The minimum absolute atomic E-state index is 0.862. The summed E-state index contributed by atoms with van der Waals surface area (Å²) in [5.41, 5.74) is 2.83. The van der Waals surface area contributed by atoms with Crippen molar-refractivity contribution >= 4 is 0 Å². The molecule has 1 saturated heterocycles. The normalized spacial score (nSPS) is 20.5. The van der Waals surface area contributed by atoms with Gasteiger partial charge in [-0.1, -0.05) is 12.1 Å². The Labute approximate surface area is 97.0 Å². The summed E-state index contributed by atoms with van der Waals surface area (Å²) < 4.78 is 5.62. The molecule has 3 rings (SSSR count). The van der Waals surface area contributed by atoms with Crippen molar-refractivity contribution in [2.24, 2.45) is 5.92 Å². The standard InChI is InChI=1S/C14H19NO/c1-2-13-5-8-16-14(13)10-12(1)9-11-3-6-15-7-4-11/h1-2,10-11,15H,3-9H2. The number of rotatable bonds is 2. The Hall–Kier alpha value is -1.02. The van der Waals surface area contributed by atoms with E-state index in [4.69, 9.17) is 4.74 Å². The molecule has 2 heterocycles. The first-order valence-electron chi connectivity index (χ1n) is 6.37. The van der Waals surface area contributed by atoms with E-state index in [-0.39, 0.29) is 0 Å². The molecule has 0 spiro atoms. The second-order valence-electron chi connectivity index (χ2n) is 4.94. The molecule has 1 aromatic carbocycles. The summed E-state index contributed by atoms with van der Waals surface area (Å²) >= 11 is 0. The first-order valence-corrected chi connectivity index (χ1v) is 6.37. The Morgan fingerprint density at radius 2 is 2.12 bits per heavy atom. The van der Waals surface area contributed by atoms with E-state index in [2.05, 4.69) is 23.5 Å². The van der Waals surface area contributed by atoms with Crippen molar-refractivity contribution in [1.29, 1.82) is 0 Å². The largest absolute Gasteiger partial charge is 0.493 e. The smallest absolute Gasteiger partial charge is 0.122 e. The van der Waals surface area contributed by atoms with Crippen LogP contribution in [0.25, 0.3) is 0 Å². The molecule has 2 nitrogen and oxygen atoms in total. The molecule has 1 fully saturated rings. The summed E-state index contributed by atoms with van der Waals surface area (Å²) in [7, 11) is 0. The highest BCUT2D eigenvalue weighted by molar-refractivity contribution is 5.40. The van der Waals surface area contributed by atoms with Crippen LogP contribution in [0, 0.1) is 5.92 Å². The van der Waals surface area contributed by atoms with E-state index in [1.807, 2.05) is 0 Å². The Morgan fingerprint density at radius 3 is 3.00 bits per heavy atom. The molecule has 0 unspecified atom stereocenters. The molecule has 0 saturated carbocycles. The van der Waals surface area contributed by atoms with Crippen molar-refractivity contribution in [2.45, 2.75) is 25.7 Å². The number of fused-ring (bicyclic) bond motifs is 1. The average molecular weight is 217 g/mol. The molecule has 0 bridgehead atoms. The zero-order valence-electron chi connectivity index (χ0n) is 9.67. The van der Waals surface area contributed by atoms with Crippen LogP contribution in [0.3, 0.4) is 0 Å². The first kappa shape index (κ1) is 10.2. The molecule has 0 amide bonds. The topological polar surface area (TPSA) is 21.3 Å². The summed E-state index contributed by atoms with van der Waals surface area (Å²) in [6.45, 7) is 3.24. The highest BCUT2D eigenvalue weighted by Crippen LogP contribution is 2.28. The number of hydrogen-bond donors (Lipinski definition) is 1. The predicted molar refractivity (Wildman–Crippen MR) is 64.9 cm³/mol. The molecule has 0 aliphatic carbocycles. The first-order chi connectivity index (χ1) is 7.92. The summed E-state index contributed by atoms with van der Waals surface area (Å²) in [6.07, 6.45) is 4.94. The molecule has 2 aliphatic heterocycles. The molecule has 0 aromatic heterocycles. The molecule has 0 radical (unpaired) electrons. The van der Waals surface area contributed by atoms with Crippen LogP contribution in [0.4, 0.5) is 0 Å². The van der Waals surface area contributed by atoms with Gasteiger partial charge in [0, 0.05) is 6.42 Å². The zero-order chi connectivity index (χ0) is 10.8. The summed E-state index contributed by atoms with van der Waals surface area (Å²) in [6, 6.07) is 6.79. The van der Waals surface area contributed by atoms with Crippen LogP contribution < -0.4 is 10.1 Å². The third-order valence-electron chi connectivity index (χ3n) is 3.74. The van der Waals surface area contributed by atoms with Gasteiger partial charge in [-0.2, -0.15) is 0 Å². The fraction of sp³-hybridized carbons (Fsp3) is 0.571. The van der Waals surface area contributed by atoms with Crippen LogP contribution in [0.15, 0.2) is 18.2 Å². The Morgan fingerprint density at radius 1 is 1.25 bits per heavy atom. The second kappa shape index (κ2) is 4.46. The van der Waals surface area contributed by atoms with Crippen molar-refractivity contribution in [3.8, 4) is 5.75 Å². The minimum atomic E-state index is 0.862. The van der Waals surface area contributed by atoms with Crippen molar-refractivity contribution in [2.75, 3.05) is 19.7 Å². The van der Waals surface area contributed by atoms with E-state index in [9.17, 15) is 0 Å². The van der Waals surface area contributed by atoms with Crippen molar-refractivity contribution in [1.82, 2.24) is 5.32 Å². The molecule has 2 heteroatoms. The van der Waals surface area contributed by atoms with E-state index in [0.717, 1.165) is 24.7 Å². The third kappa shape index (κ3) is 2.07. The van der Waals surface area contributed by atoms with Crippen LogP contribution in [-0.4, -0.2) is 19.7 Å². The maximum Gasteiger partial charge on any atom is 0.122 e. The molecule has 1 N–H and O–H groups in total. The monoisotopic (exact) mass is 217 g/mol. The fourth-order valence-electron chi connectivity index (χ4n) is 2.76. The predicted octanol–water partition coefficient (Wildman–Crippen LogP) is 2.16. The van der Waals surface area contributed by atoms with Gasteiger partial charge in [0.25, 0.3) is 0 Å². The molecule has 86 valence electrons. The number of piperidine rings is 1. The second-order valence-corrected chi connectivity index (χ2v) is 4.94.